The molecule has 1 N–H and O–H groups in total. The Morgan fingerprint density at radius 2 is 1.88 bits per heavy atom. The molecular formula is C23H20N4O6. The molecule has 0 bridgehead atoms. The molecular weight excluding hydrogens is 428 g/mol. The zero-order valence-electron chi connectivity index (χ0n) is 17.7. The third-order valence-corrected chi connectivity index (χ3v) is 5.50. The first-order valence-corrected chi connectivity index (χ1v) is 10.2. The molecule has 10 heteroatoms. The van der Waals surface area contributed by atoms with E-state index in [9.17, 15) is 24.8 Å². The number of carbonyl (C=O) groups excluding carboxylic acids is 2. The molecule has 0 aliphatic carbocycles. The smallest absolute Gasteiger partial charge is 0.307 e. The van der Waals surface area contributed by atoms with E-state index in [2.05, 4.69) is 15.0 Å². The zero-order valence-corrected chi connectivity index (χ0v) is 17.7. The highest BCUT2D eigenvalue weighted by Gasteiger charge is 2.25. The summed E-state index contributed by atoms with van der Waals surface area (Å²) in [5.74, 6) is -0.642. The first kappa shape index (κ1) is 21.9. The highest BCUT2D eigenvalue weighted by molar-refractivity contribution is 6.04. The van der Waals surface area contributed by atoms with Crippen LogP contribution in [-0.4, -0.2) is 42.0 Å². The van der Waals surface area contributed by atoms with Crippen molar-refractivity contribution < 1.29 is 24.4 Å². The van der Waals surface area contributed by atoms with E-state index in [1.54, 1.807) is 24.3 Å². The maximum atomic E-state index is 12.5. The molecule has 0 fully saturated rings. The molecule has 0 spiro atoms. The number of anilines is 1. The number of methoxy groups -OCH3 is 1. The van der Waals surface area contributed by atoms with Gasteiger partial charge < -0.3 is 14.7 Å². The first-order chi connectivity index (χ1) is 15.9. The lowest BCUT2D eigenvalue weighted by Crippen LogP contribution is -2.33. The Kier molecular flexibility index (Phi) is 5.99. The SMILES string of the molecule is COC(=O)CCN1CCC(=O)c2cc(/N=N/c3ccc([N+](=O)[O-])c4ccccc34)c(O)cc21. The summed E-state index contributed by atoms with van der Waals surface area (Å²) >= 11 is 0. The number of aromatic hydroxyl groups is 1. The van der Waals surface area contributed by atoms with Crippen LogP contribution >= 0.6 is 0 Å². The lowest BCUT2D eigenvalue weighted by Gasteiger charge is -2.30. The second-order valence-corrected chi connectivity index (χ2v) is 7.45. The molecule has 168 valence electrons. The fraction of sp³-hybridized carbons (Fsp3) is 0.217. The highest BCUT2D eigenvalue weighted by Crippen LogP contribution is 2.39. The van der Waals surface area contributed by atoms with Crippen molar-refractivity contribution in [2.75, 3.05) is 25.1 Å². The largest absolute Gasteiger partial charge is 0.506 e. The lowest BCUT2D eigenvalue weighted by molar-refractivity contribution is -0.383. The van der Waals surface area contributed by atoms with Gasteiger partial charge in [0.05, 0.1) is 35.2 Å². The van der Waals surface area contributed by atoms with E-state index in [4.69, 9.17) is 0 Å². The zero-order chi connectivity index (χ0) is 23.5. The molecule has 0 amide bonds. The summed E-state index contributed by atoms with van der Waals surface area (Å²) in [5, 5.41) is 31.1. The number of carbonyl (C=O) groups is 2. The summed E-state index contributed by atoms with van der Waals surface area (Å²) in [6.45, 7) is 0.778. The number of ketones is 1. The van der Waals surface area contributed by atoms with Crippen LogP contribution in [0.4, 0.5) is 22.7 Å². The average molecular weight is 448 g/mol. The molecule has 4 rings (SSSR count). The molecule has 0 radical (unpaired) electrons. The predicted octanol–water partition coefficient (Wildman–Crippen LogP) is 4.82. The number of hydrogen-bond acceptors (Lipinski definition) is 9. The van der Waals surface area contributed by atoms with Crippen LogP contribution in [-0.2, 0) is 9.53 Å². The van der Waals surface area contributed by atoms with Crippen molar-refractivity contribution in [1.82, 2.24) is 0 Å². The molecule has 0 unspecified atom stereocenters. The molecule has 1 heterocycles. The predicted molar refractivity (Wildman–Crippen MR) is 121 cm³/mol. The van der Waals surface area contributed by atoms with Gasteiger partial charge in [-0.2, -0.15) is 0 Å². The number of benzene rings is 3. The fourth-order valence-corrected chi connectivity index (χ4v) is 3.80. The van der Waals surface area contributed by atoms with E-state index in [1.807, 2.05) is 4.90 Å². The molecule has 33 heavy (non-hydrogen) atoms. The number of ether oxygens (including phenoxy) is 1. The van der Waals surface area contributed by atoms with Crippen molar-refractivity contribution in [2.24, 2.45) is 10.2 Å². The lowest BCUT2D eigenvalue weighted by atomic mass is 9.99. The van der Waals surface area contributed by atoms with Crippen molar-refractivity contribution in [2.45, 2.75) is 12.8 Å². The molecule has 0 aromatic heterocycles. The number of hydrogen-bond donors (Lipinski definition) is 1. The fourth-order valence-electron chi connectivity index (χ4n) is 3.80. The Morgan fingerprint density at radius 3 is 2.61 bits per heavy atom. The third-order valence-electron chi connectivity index (χ3n) is 5.50. The molecule has 0 saturated heterocycles. The average Bonchev–Trinajstić information content (AvgIpc) is 2.82. The maximum Gasteiger partial charge on any atom is 0.307 e. The van der Waals surface area contributed by atoms with Crippen molar-refractivity contribution in [3.63, 3.8) is 0 Å². The van der Waals surface area contributed by atoms with Crippen LogP contribution in [0.1, 0.15) is 23.2 Å². The number of azo groups is 1. The standard InChI is InChI=1S/C23H20N4O6/c1-33-23(30)9-11-26-10-8-21(28)16-12-18(22(29)13-20(16)26)25-24-17-6-7-19(27(31)32)15-5-3-2-4-14(15)17/h2-7,12-13,29H,8-11H2,1H3/b25-24+. The minimum absolute atomic E-state index is 0.0428. The Bertz CT molecular complexity index is 1300. The summed E-state index contributed by atoms with van der Waals surface area (Å²) in [5.41, 5.74) is 1.34. The van der Waals surface area contributed by atoms with E-state index in [0.717, 1.165) is 0 Å². The van der Waals surface area contributed by atoms with Gasteiger partial charge in [0.25, 0.3) is 5.69 Å². The van der Waals surface area contributed by atoms with Gasteiger partial charge in [-0.15, -0.1) is 10.2 Å². The maximum absolute atomic E-state index is 12.5. The van der Waals surface area contributed by atoms with Crippen LogP contribution in [0, 0.1) is 10.1 Å². The van der Waals surface area contributed by atoms with Crippen LogP contribution in [0.3, 0.4) is 0 Å². The number of Topliss-reactive ketones (excluding diaryl/α,β-unsaturated/α-hetero) is 1. The number of phenols is 1. The molecule has 1 aliphatic heterocycles. The summed E-state index contributed by atoms with van der Waals surface area (Å²) < 4.78 is 4.67. The Morgan fingerprint density at radius 1 is 1.15 bits per heavy atom. The number of fused-ring (bicyclic) bond motifs is 2. The summed E-state index contributed by atoms with van der Waals surface area (Å²) in [6, 6.07) is 12.5. The van der Waals surface area contributed by atoms with Crippen LogP contribution in [0.2, 0.25) is 0 Å². The minimum Gasteiger partial charge on any atom is -0.506 e. The summed E-state index contributed by atoms with van der Waals surface area (Å²) in [6.07, 6.45) is 0.419. The number of esters is 1. The van der Waals surface area contributed by atoms with Crippen LogP contribution in [0.15, 0.2) is 58.8 Å². The summed E-state index contributed by atoms with van der Waals surface area (Å²) in [4.78, 5) is 36.7. The van der Waals surface area contributed by atoms with Gasteiger partial charge >= 0.3 is 5.97 Å². The number of nitrogens with zero attached hydrogens (tertiary/aromatic N) is 4. The molecule has 3 aromatic rings. The minimum atomic E-state index is -0.462. The van der Waals surface area contributed by atoms with E-state index in [-0.39, 0.29) is 41.7 Å². The molecule has 1 aliphatic rings. The second-order valence-electron chi connectivity index (χ2n) is 7.45. The number of non-ortho nitro benzene ring substituents is 1. The van der Waals surface area contributed by atoms with Gasteiger partial charge in [-0.25, -0.2) is 0 Å². The number of nitro benzene ring substituents is 1. The summed E-state index contributed by atoms with van der Waals surface area (Å²) in [7, 11) is 1.31. The van der Waals surface area contributed by atoms with Gasteiger partial charge in [0, 0.05) is 42.6 Å². The van der Waals surface area contributed by atoms with Crippen LogP contribution < -0.4 is 4.90 Å². The second kappa shape index (κ2) is 9.03. The van der Waals surface area contributed by atoms with Gasteiger partial charge in [0.15, 0.2) is 5.78 Å². The van der Waals surface area contributed by atoms with Gasteiger partial charge in [0.2, 0.25) is 0 Å². The highest BCUT2D eigenvalue weighted by atomic mass is 16.6. The van der Waals surface area contributed by atoms with Gasteiger partial charge in [0.1, 0.15) is 11.4 Å². The quantitative estimate of drug-likeness (QED) is 0.247. The van der Waals surface area contributed by atoms with Gasteiger partial charge in [-0.05, 0) is 18.2 Å². The number of phenolic OH excluding ortho intramolecular Hbond substituents is 1. The van der Waals surface area contributed by atoms with Crippen molar-refractivity contribution in [3.8, 4) is 5.75 Å². The Labute approximate surface area is 188 Å². The van der Waals surface area contributed by atoms with Crippen molar-refractivity contribution in [1.29, 1.82) is 0 Å². The third kappa shape index (κ3) is 4.36. The van der Waals surface area contributed by atoms with Crippen molar-refractivity contribution in [3.05, 3.63) is 64.2 Å². The van der Waals surface area contributed by atoms with E-state index >= 15 is 0 Å². The Hall–Kier alpha value is -4.34. The molecule has 3 aromatic carbocycles. The monoisotopic (exact) mass is 448 g/mol. The number of rotatable bonds is 6. The Balaban J connectivity index is 1.68. The van der Waals surface area contributed by atoms with E-state index in [1.165, 1.54) is 31.4 Å². The van der Waals surface area contributed by atoms with Crippen LogP contribution in [0.5, 0.6) is 5.75 Å². The molecule has 0 atom stereocenters. The topological polar surface area (TPSA) is 135 Å². The van der Waals surface area contributed by atoms with E-state index < -0.39 is 4.92 Å². The molecule has 10 nitrogen and oxygen atoms in total. The van der Waals surface area contributed by atoms with E-state index in [0.29, 0.717) is 40.8 Å². The van der Waals surface area contributed by atoms with Gasteiger partial charge in [-0.1, -0.05) is 18.2 Å². The molecule has 0 saturated carbocycles. The van der Waals surface area contributed by atoms with Crippen molar-refractivity contribution >= 4 is 45.3 Å². The first-order valence-electron chi connectivity index (χ1n) is 10.2. The normalized spacial score (nSPS) is 13.4. The van der Waals surface area contributed by atoms with Crippen LogP contribution in [0.25, 0.3) is 10.8 Å². The number of nitro groups is 1. The van der Waals surface area contributed by atoms with Gasteiger partial charge in [-0.3, -0.25) is 19.7 Å².